The van der Waals surface area contributed by atoms with E-state index in [0.717, 1.165) is 17.9 Å². The van der Waals surface area contributed by atoms with Crippen LogP contribution < -0.4 is 11.1 Å². The number of fused-ring (bicyclic) bond motifs is 3. The molecule has 0 saturated heterocycles. The van der Waals surface area contributed by atoms with Gasteiger partial charge >= 0.3 is 6.03 Å². The number of aromatic nitrogens is 1. The highest BCUT2D eigenvalue weighted by Crippen LogP contribution is 2.44. The zero-order valence-corrected chi connectivity index (χ0v) is 16.8. The van der Waals surface area contributed by atoms with Crippen LogP contribution in [0.25, 0.3) is 11.3 Å². The Morgan fingerprint density at radius 3 is 2.57 bits per heavy atom. The second-order valence-corrected chi connectivity index (χ2v) is 8.69. The van der Waals surface area contributed by atoms with Gasteiger partial charge in [-0.2, -0.15) is 5.26 Å². The van der Waals surface area contributed by atoms with Crippen molar-refractivity contribution in [1.29, 1.82) is 5.26 Å². The van der Waals surface area contributed by atoms with Crippen LogP contribution in [0.4, 0.5) is 4.79 Å². The quantitative estimate of drug-likeness (QED) is 0.823. The molecule has 2 bridgehead atoms. The van der Waals surface area contributed by atoms with Crippen molar-refractivity contribution >= 4 is 11.9 Å². The van der Waals surface area contributed by atoms with Crippen molar-refractivity contribution in [2.45, 2.75) is 44.8 Å². The number of carbonyl (C=O) groups is 2. The van der Waals surface area contributed by atoms with Crippen molar-refractivity contribution in [3.8, 4) is 17.3 Å². The van der Waals surface area contributed by atoms with Crippen molar-refractivity contribution in [2.75, 3.05) is 6.54 Å². The molecule has 0 radical (unpaired) electrons. The maximum Gasteiger partial charge on any atom is 0.318 e. The van der Waals surface area contributed by atoms with Gasteiger partial charge in [0, 0.05) is 19.1 Å². The number of nitriles is 1. The van der Waals surface area contributed by atoms with E-state index < -0.39 is 5.91 Å². The molecule has 7 nitrogen and oxygen atoms in total. The monoisotopic (exact) mass is 403 g/mol. The zero-order valence-electron chi connectivity index (χ0n) is 16.8. The molecule has 2 saturated carbocycles. The third-order valence-electron chi connectivity index (χ3n) is 7.04. The Balaban J connectivity index is 1.46. The Labute approximate surface area is 175 Å². The van der Waals surface area contributed by atoms with E-state index in [0.29, 0.717) is 36.0 Å². The minimum absolute atomic E-state index is 0.0878. The molecule has 1 aromatic carbocycles. The molecule has 1 aromatic heterocycles. The molecule has 7 heteroatoms. The first-order chi connectivity index (χ1) is 14.6. The zero-order chi connectivity index (χ0) is 20.8. The summed E-state index contributed by atoms with van der Waals surface area (Å²) in [5.41, 5.74) is 8.41. The number of primary amides is 1. The summed E-state index contributed by atoms with van der Waals surface area (Å²) < 4.78 is 1.98. The molecular formula is C23H25N5O2. The van der Waals surface area contributed by atoms with Gasteiger partial charge in [-0.3, -0.25) is 4.79 Å². The van der Waals surface area contributed by atoms with Crippen LogP contribution in [0.2, 0.25) is 0 Å². The Morgan fingerprint density at radius 2 is 1.93 bits per heavy atom. The third kappa shape index (κ3) is 2.95. The molecule has 2 heterocycles. The van der Waals surface area contributed by atoms with Crippen LogP contribution >= 0.6 is 0 Å². The van der Waals surface area contributed by atoms with Crippen LogP contribution in [0.3, 0.4) is 0 Å². The van der Waals surface area contributed by atoms with Gasteiger partial charge in [0.15, 0.2) is 0 Å². The average Bonchev–Trinajstić information content (AvgIpc) is 3.45. The van der Waals surface area contributed by atoms with Gasteiger partial charge in [-0.1, -0.05) is 36.8 Å². The summed E-state index contributed by atoms with van der Waals surface area (Å²) in [5.74, 6) is 0.725. The highest BCUT2D eigenvalue weighted by molar-refractivity contribution is 5.99. The van der Waals surface area contributed by atoms with Gasteiger partial charge in [-0.15, -0.1) is 0 Å². The van der Waals surface area contributed by atoms with E-state index in [9.17, 15) is 14.9 Å². The van der Waals surface area contributed by atoms with E-state index in [2.05, 4.69) is 11.4 Å². The number of hydrogen-bond acceptors (Lipinski definition) is 3. The molecule has 154 valence electrons. The average molecular weight is 403 g/mol. The third-order valence-corrected chi connectivity index (χ3v) is 7.04. The van der Waals surface area contributed by atoms with Crippen molar-refractivity contribution in [1.82, 2.24) is 14.8 Å². The maximum atomic E-state index is 13.0. The second kappa shape index (κ2) is 7.21. The van der Waals surface area contributed by atoms with Crippen molar-refractivity contribution in [2.24, 2.45) is 17.6 Å². The van der Waals surface area contributed by atoms with Gasteiger partial charge in [0.05, 0.1) is 29.1 Å². The Morgan fingerprint density at radius 1 is 1.13 bits per heavy atom. The largest absolute Gasteiger partial charge is 0.366 e. The summed E-state index contributed by atoms with van der Waals surface area (Å²) in [5, 5.41) is 13.0. The molecule has 2 aromatic rings. The number of nitrogens with one attached hydrogen (secondary N) is 1. The minimum Gasteiger partial charge on any atom is -0.366 e. The summed E-state index contributed by atoms with van der Waals surface area (Å²) in [6.07, 6.45) is 4.79. The number of hydrogen-bond donors (Lipinski definition) is 2. The first kappa shape index (κ1) is 18.7. The van der Waals surface area contributed by atoms with Crippen LogP contribution in [-0.4, -0.2) is 34.0 Å². The van der Waals surface area contributed by atoms with Crippen molar-refractivity contribution in [3.63, 3.8) is 0 Å². The van der Waals surface area contributed by atoms with E-state index >= 15 is 0 Å². The molecule has 0 spiro atoms. The molecule has 5 rings (SSSR count). The smallest absolute Gasteiger partial charge is 0.318 e. The van der Waals surface area contributed by atoms with Gasteiger partial charge in [-0.05, 0) is 36.7 Å². The van der Waals surface area contributed by atoms with Crippen LogP contribution in [-0.2, 0) is 13.1 Å². The van der Waals surface area contributed by atoms with Gasteiger partial charge in [0.1, 0.15) is 6.07 Å². The number of rotatable bonds is 3. The lowest BCUT2D eigenvalue weighted by Crippen LogP contribution is -2.49. The molecule has 3 atom stereocenters. The van der Waals surface area contributed by atoms with Crippen LogP contribution in [0.1, 0.15) is 47.3 Å². The summed E-state index contributed by atoms with van der Waals surface area (Å²) in [6.45, 7) is 1.31. The first-order valence-electron chi connectivity index (χ1n) is 10.6. The standard InChI is InChI=1S/C23H25N5O2/c24-12-17-20(22(25)29)19-13-27(23(30)26-18-11-14-6-7-16(18)10-14)8-9-28(19)21(17)15-4-2-1-3-5-15/h1-5,14,16,18H,6-11,13H2,(H2,25,29)(H,26,30). The molecule has 3 N–H and O–H groups in total. The minimum atomic E-state index is -0.632. The summed E-state index contributed by atoms with van der Waals surface area (Å²) in [7, 11) is 0. The maximum absolute atomic E-state index is 13.0. The summed E-state index contributed by atoms with van der Waals surface area (Å²) in [4.78, 5) is 27.0. The number of carbonyl (C=O) groups excluding carboxylic acids is 2. The summed E-state index contributed by atoms with van der Waals surface area (Å²) >= 11 is 0. The lowest BCUT2D eigenvalue weighted by atomic mass is 9.95. The SMILES string of the molecule is N#Cc1c(C(N)=O)c2n(c1-c1ccccc1)CCN(C(=O)NC1CC3CCC1C3)C2. The van der Waals surface area contributed by atoms with E-state index in [4.69, 9.17) is 5.73 Å². The number of amides is 3. The van der Waals surface area contributed by atoms with Crippen LogP contribution in [0.5, 0.6) is 0 Å². The molecule has 30 heavy (non-hydrogen) atoms. The van der Waals surface area contributed by atoms with Gasteiger partial charge in [0.25, 0.3) is 5.91 Å². The number of benzene rings is 1. The molecule has 3 amide bonds. The number of nitrogens with zero attached hydrogens (tertiary/aromatic N) is 3. The normalized spacial score (nSPS) is 24.4. The highest BCUT2D eigenvalue weighted by Gasteiger charge is 2.41. The van der Waals surface area contributed by atoms with Crippen LogP contribution in [0, 0.1) is 23.2 Å². The predicted molar refractivity (Wildman–Crippen MR) is 111 cm³/mol. The first-order valence-corrected chi connectivity index (χ1v) is 10.6. The lowest BCUT2D eigenvalue weighted by Gasteiger charge is -2.32. The fourth-order valence-corrected chi connectivity index (χ4v) is 5.67. The molecule has 3 aliphatic rings. The molecule has 2 fully saturated rings. The van der Waals surface area contributed by atoms with Crippen molar-refractivity contribution < 1.29 is 9.59 Å². The number of nitrogens with two attached hydrogens (primary N) is 1. The lowest BCUT2D eigenvalue weighted by molar-refractivity contribution is 0.0996. The summed E-state index contributed by atoms with van der Waals surface area (Å²) in [6, 6.07) is 11.9. The molecule has 3 unspecified atom stereocenters. The molecule has 2 aliphatic carbocycles. The Bertz CT molecular complexity index is 1050. The van der Waals surface area contributed by atoms with Crippen molar-refractivity contribution in [3.05, 3.63) is 47.2 Å². The fourth-order valence-electron chi connectivity index (χ4n) is 5.67. The second-order valence-electron chi connectivity index (χ2n) is 8.69. The fraction of sp³-hybridized carbons (Fsp3) is 0.435. The van der Waals surface area contributed by atoms with E-state index in [-0.39, 0.29) is 24.2 Å². The van der Waals surface area contributed by atoms with Gasteiger partial charge in [-0.25, -0.2) is 4.79 Å². The van der Waals surface area contributed by atoms with E-state index in [1.807, 2.05) is 34.9 Å². The van der Waals surface area contributed by atoms with E-state index in [1.54, 1.807) is 4.90 Å². The Kier molecular flexibility index (Phi) is 4.50. The number of urea groups is 1. The molecule has 1 aliphatic heterocycles. The van der Waals surface area contributed by atoms with E-state index in [1.165, 1.54) is 19.3 Å². The Hall–Kier alpha value is -3.27. The predicted octanol–water partition coefficient (Wildman–Crippen LogP) is 2.84. The molecular weight excluding hydrogens is 378 g/mol. The topological polar surface area (TPSA) is 104 Å². The van der Waals surface area contributed by atoms with Gasteiger partial charge in [0.2, 0.25) is 0 Å². The van der Waals surface area contributed by atoms with Crippen LogP contribution in [0.15, 0.2) is 30.3 Å². The van der Waals surface area contributed by atoms with Gasteiger partial charge < -0.3 is 20.5 Å². The highest BCUT2D eigenvalue weighted by atomic mass is 16.2.